The molecule has 0 aliphatic carbocycles. The van der Waals surface area contributed by atoms with Gasteiger partial charge in [-0.3, -0.25) is 0 Å². The van der Waals surface area contributed by atoms with E-state index in [9.17, 15) is 0 Å². The van der Waals surface area contributed by atoms with Gasteiger partial charge in [0, 0.05) is 19.1 Å². The van der Waals surface area contributed by atoms with E-state index in [0.717, 1.165) is 12.5 Å². The Kier molecular flexibility index (Phi) is 11.9. The largest absolute Gasteiger partial charge is 0.313 e. The van der Waals surface area contributed by atoms with Gasteiger partial charge in [-0.15, -0.1) is 0 Å². The molecule has 2 nitrogen and oxygen atoms in total. The summed E-state index contributed by atoms with van der Waals surface area (Å²) in [5.41, 5.74) is 0. The summed E-state index contributed by atoms with van der Waals surface area (Å²) in [7, 11) is 0. The van der Waals surface area contributed by atoms with E-state index >= 15 is 0 Å². The zero-order chi connectivity index (χ0) is 13.8. The fraction of sp³-hybridized carbons (Fsp3) is 1.00. The van der Waals surface area contributed by atoms with Gasteiger partial charge in [-0.2, -0.15) is 0 Å². The average Bonchev–Trinajstić information content (AvgIpc) is 2.40. The van der Waals surface area contributed by atoms with Crippen LogP contribution in [0.15, 0.2) is 0 Å². The van der Waals surface area contributed by atoms with Gasteiger partial charge >= 0.3 is 0 Å². The van der Waals surface area contributed by atoms with Crippen LogP contribution in [0.4, 0.5) is 0 Å². The second-order valence-electron chi connectivity index (χ2n) is 5.47. The molecule has 0 rings (SSSR count). The van der Waals surface area contributed by atoms with Crippen LogP contribution in [0.2, 0.25) is 0 Å². The van der Waals surface area contributed by atoms with Crippen LogP contribution < -0.4 is 5.32 Å². The number of hydrogen-bond acceptors (Lipinski definition) is 2. The minimum Gasteiger partial charge on any atom is -0.313 e. The van der Waals surface area contributed by atoms with E-state index in [0.29, 0.717) is 6.04 Å². The predicted molar refractivity (Wildman–Crippen MR) is 83.2 cm³/mol. The molecule has 0 fully saturated rings. The van der Waals surface area contributed by atoms with Gasteiger partial charge in [0.2, 0.25) is 0 Å². The number of rotatable bonds is 12. The van der Waals surface area contributed by atoms with Crippen molar-refractivity contribution in [2.24, 2.45) is 5.92 Å². The van der Waals surface area contributed by atoms with E-state index in [4.69, 9.17) is 0 Å². The lowest BCUT2D eigenvalue weighted by Crippen LogP contribution is -2.43. The minimum atomic E-state index is 0.685. The van der Waals surface area contributed by atoms with Crippen molar-refractivity contribution in [2.75, 3.05) is 26.2 Å². The molecule has 0 aliphatic heterocycles. The zero-order valence-electron chi connectivity index (χ0n) is 13.5. The molecule has 1 atom stereocenters. The van der Waals surface area contributed by atoms with Crippen molar-refractivity contribution < 1.29 is 0 Å². The Bertz CT molecular complexity index is 166. The summed E-state index contributed by atoms with van der Waals surface area (Å²) >= 11 is 0. The first-order chi connectivity index (χ1) is 8.71. The highest BCUT2D eigenvalue weighted by Crippen LogP contribution is 2.11. The van der Waals surface area contributed by atoms with Crippen LogP contribution in [0.5, 0.6) is 0 Å². The highest BCUT2D eigenvalue weighted by atomic mass is 15.1. The summed E-state index contributed by atoms with van der Waals surface area (Å²) in [6.45, 7) is 16.3. The number of nitrogens with one attached hydrogen (secondary N) is 1. The van der Waals surface area contributed by atoms with Gasteiger partial charge in [0.05, 0.1) is 0 Å². The second kappa shape index (κ2) is 12.0. The Labute approximate surface area is 116 Å². The molecule has 1 N–H and O–H groups in total. The summed E-state index contributed by atoms with van der Waals surface area (Å²) in [5, 5.41) is 3.70. The van der Waals surface area contributed by atoms with Crippen LogP contribution in [0.25, 0.3) is 0 Å². The van der Waals surface area contributed by atoms with Crippen LogP contribution >= 0.6 is 0 Å². The molecule has 0 aliphatic rings. The van der Waals surface area contributed by atoms with Gasteiger partial charge in [-0.1, -0.05) is 53.9 Å². The van der Waals surface area contributed by atoms with Crippen molar-refractivity contribution in [1.82, 2.24) is 10.2 Å². The normalized spacial score (nSPS) is 13.5. The van der Waals surface area contributed by atoms with Crippen molar-refractivity contribution in [3.05, 3.63) is 0 Å². The molecule has 110 valence electrons. The molecule has 0 heterocycles. The Morgan fingerprint density at radius 1 is 0.889 bits per heavy atom. The van der Waals surface area contributed by atoms with E-state index in [-0.39, 0.29) is 0 Å². The van der Waals surface area contributed by atoms with E-state index in [1.807, 2.05) is 0 Å². The molecule has 0 amide bonds. The molecule has 0 saturated carbocycles. The monoisotopic (exact) mass is 256 g/mol. The molecule has 18 heavy (non-hydrogen) atoms. The molecular formula is C16H36N2. The topological polar surface area (TPSA) is 15.3 Å². The Hall–Kier alpha value is -0.0800. The van der Waals surface area contributed by atoms with Gasteiger partial charge < -0.3 is 10.2 Å². The van der Waals surface area contributed by atoms with Gasteiger partial charge in [-0.05, 0) is 31.8 Å². The molecule has 2 heteroatoms. The van der Waals surface area contributed by atoms with E-state index in [1.165, 1.54) is 51.7 Å². The quantitative estimate of drug-likeness (QED) is 0.569. The van der Waals surface area contributed by atoms with Crippen molar-refractivity contribution in [3.8, 4) is 0 Å². The highest BCUT2D eigenvalue weighted by Gasteiger charge is 2.14. The van der Waals surface area contributed by atoms with E-state index in [1.54, 1.807) is 0 Å². The third kappa shape index (κ3) is 8.10. The standard InChI is InChI=1S/C16H36N2/c1-6-11-16(17-12-7-2)14-18(10-5)13-15(8-3)9-4/h15-17H,6-14H2,1-5H3. The number of nitrogens with zero attached hydrogens (tertiary/aromatic N) is 1. The van der Waals surface area contributed by atoms with Crippen LogP contribution in [0.3, 0.4) is 0 Å². The summed E-state index contributed by atoms with van der Waals surface area (Å²) in [4.78, 5) is 2.64. The molecule has 1 unspecified atom stereocenters. The average molecular weight is 256 g/mol. The zero-order valence-corrected chi connectivity index (χ0v) is 13.5. The summed E-state index contributed by atoms with van der Waals surface area (Å²) in [5.74, 6) is 0.874. The lowest BCUT2D eigenvalue weighted by atomic mass is 10.0. The SMILES string of the molecule is CCCNC(CCC)CN(CC)CC(CC)CC. The lowest BCUT2D eigenvalue weighted by Gasteiger charge is -2.29. The fourth-order valence-electron chi connectivity index (χ4n) is 2.51. The minimum absolute atomic E-state index is 0.685. The maximum absolute atomic E-state index is 3.70. The first-order valence-electron chi connectivity index (χ1n) is 8.17. The first kappa shape index (κ1) is 17.9. The van der Waals surface area contributed by atoms with Crippen molar-refractivity contribution in [2.45, 2.75) is 72.8 Å². The first-order valence-corrected chi connectivity index (χ1v) is 8.17. The molecule has 0 aromatic carbocycles. The molecule has 0 saturated heterocycles. The van der Waals surface area contributed by atoms with Crippen LogP contribution in [0, 0.1) is 5.92 Å². The number of likely N-dealkylation sites (N-methyl/N-ethyl adjacent to an activating group) is 1. The van der Waals surface area contributed by atoms with Crippen LogP contribution in [-0.4, -0.2) is 37.1 Å². The highest BCUT2D eigenvalue weighted by molar-refractivity contribution is 4.73. The molecule has 0 aromatic rings. The van der Waals surface area contributed by atoms with Crippen LogP contribution in [-0.2, 0) is 0 Å². The van der Waals surface area contributed by atoms with Crippen molar-refractivity contribution in [1.29, 1.82) is 0 Å². The third-order valence-corrected chi connectivity index (χ3v) is 3.92. The van der Waals surface area contributed by atoms with E-state index in [2.05, 4.69) is 44.8 Å². The van der Waals surface area contributed by atoms with Crippen molar-refractivity contribution in [3.63, 3.8) is 0 Å². The molecule has 0 aromatic heterocycles. The van der Waals surface area contributed by atoms with Crippen molar-refractivity contribution >= 4 is 0 Å². The molecule has 0 spiro atoms. The smallest absolute Gasteiger partial charge is 0.0194 e. The fourth-order valence-corrected chi connectivity index (χ4v) is 2.51. The molecule has 0 bridgehead atoms. The maximum atomic E-state index is 3.70. The van der Waals surface area contributed by atoms with Gasteiger partial charge in [0.25, 0.3) is 0 Å². The Morgan fingerprint density at radius 2 is 1.56 bits per heavy atom. The lowest BCUT2D eigenvalue weighted by molar-refractivity contribution is 0.206. The molecule has 0 radical (unpaired) electrons. The summed E-state index contributed by atoms with van der Waals surface area (Å²) < 4.78 is 0. The summed E-state index contributed by atoms with van der Waals surface area (Å²) in [6, 6.07) is 0.685. The second-order valence-corrected chi connectivity index (χ2v) is 5.47. The molecular weight excluding hydrogens is 220 g/mol. The van der Waals surface area contributed by atoms with Crippen LogP contribution in [0.1, 0.15) is 66.7 Å². The Balaban J connectivity index is 4.17. The number of hydrogen-bond donors (Lipinski definition) is 1. The van der Waals surface area contributed by atoms with Gasteiger partial charge in [-0.25, -0.2) is 0 Å². The van der Waals surface area contributed by atoms with E-state index < -0.39 is 0 Å². The third-order valence-electron chi connectivity index (χ3n) is 3.92. The van der Waals surface area contributed by atoms with Gasteiger partial charge in [0.1, 0.15) is 0 Å². The Morgan fingerprint density at radius 3 is 2.00 bits per heavy atom. The van der Waals surface area contributed by atoms with Gasteiger partial charge in [0.15, 0.2) is 0 Å². The maximum Gasteiger partial charge on any atom is 0.0194 e. The predicted octanol–water partition coefficient (Wildman–Crippen LogP) is 3.91. The summed E-state index contributed by atoms with van der Waals surface area (Å²) in [6.07, 6.45) is 6.45.